The van der Waals surface area contributed by atoms with Crippen molar-refractivity contribution in [2.24, 2.45) is 0 Å². The van der Waals surface area contributed by atoms with Gasteiger partial charge in [-0.3, -0.25) is 0 Å². The molecule has 5 heterocycles. The van der Waals surface area contributed by atoms with E-state index < -0.39 is 0 Å². The van der Waals surface area contributed by atoms with Gasteiger partial charge in [-0.25, -0.2) is 0 Å². The van der Waals surface area contributed by atoms with Crippen LogP contribution in [0.2, 0.25) is 0 Å². The first-order chi connectivity index (χ1) is 44.6. The number of benzene rings is 13. The van der Waals surface area contributed by atoms with E-state index in [0.717, 1.165) is 129 Å². The van der Waals surface area contributed by atoms with E-state index in [2.05, 4.69) is 328 Å². The number of aromatic nitrogens is 1. The Morgan fingerprint density at radius 1 is 0.319 bits per heavy atom. The van der Waals surface area contributed by atoms with Gasteiger partial charge in [0.15, 0.2) is 0 Å². The van der Waals surface area contributed by atoms with Crippen LogP contribution in [0, 0.1) is 13.8 Å². The van der Waals surface area contributed by atoms with Gasteiger partial charge in [0.05, 0.1) is 22.4 Å². The molecular formula is C84H61B2N3O2. The largest absolute Gasteiger partial charge is 0.458 e. The molecule has 0 radical (unpaired) electrons. The van der Waals surface area contributed by atoms with Crippen LogP contribution in [0.3, 0.4) is 0 Å². The molecule has 13 aromatic carbocycles. The molecule has 0 N–H and O–H groups in total. The molecule has 0 saturated heterocycles. The molecule has 4 aliphatic rings. The average Bonchev–Trinajstić information content (AvgIpc) is 1.16. The smallest absolute Gasteiger partial charge is 0.256 e. The molecule has 0 unspecified atom stereocenters. The zero-order chi connectivity index (χ0) is 60.8. The lowest BCUT2D eigenvalue weighted by Crippen LogP contribution is -2.63. The van der Waals surface area contributed by atoms with E-state index in [1.54, 1.807) is 0 Å². The van der Waals surface area contributed by atoms with Crippen molar-refractivity contribution < 1.29 is 9.47 Å². The molecule has 1 aromatic heterocycles. The van der Waals surface area contributed by atoms with Crippen LogP contribution in [-0.2, 0) is 5.41 Å². The summed E-state index contributed by atoms with van der Waals surface area (Å²) in [6, 6.07) is 103. The standard InChI is InChI=1S/C84H61B2N3O2/c1-52-37-41-71-64(43-52)65-44-53(2)38-42-72(65)87(71)60-39-40-66-73(49-60)88(70-35-20-18-31-61(70)55-25-12-7-13-26-55)76-47-59(84(3,4)5)48-80-82(76)85(66)69-50-68-74(51-78(69)91-80)89(83-62(56-27-14-8-15-28-56)32-22-33-63(83)57-29-16-9-17-30-57)75-45-58(54-23-10-6-11-24-54)46-79-81(75)86(68)67-34-19-21-36-77(67)90-79/h6-51H,1-5H3. The number of aryl methyl sites for hydroxylation is 2. The third-order valence-corrected chi connectivity index (χ3v) is 19.5. The topological polar surface area (TPSA) is 29.9 Å². The van der Waals surface area contributed by atoms with Crippen LogP contribution in [0.25, 0.3) is 72.0 Å². The minimum absolute atomic E-state index is 0.202. The Hall–Kier alpha value is -11.0. The zero-order valence-corrected chi connectivity index (χ0v) is 51.4. The van der Waals surface area contributed by atoms with Crippen LogP contribution >= 0.6 is 0 Å². The number of nitrogens with zero attached hydrogens (tertiary/aromatic N) is 3. The van der Waals surface area contributed by atoms with Crippen molar-refractivity contribution in [2.45, 2.75) is 40.0 Å². The van der Waals surface area contributed by atoms with Crippen molar-refractivity contribution in [1.82, 2.24) is 4.57 Å². The highest BCUT2D eigenvalue weighted by atomic mass is 16.5. The Kier molecular flexibility index (Phi) is 11.8. The molecule has 0 spiro atoms. The molecule has 430 valence electrons. The van der Waals surface area contributed by atoms with E-state index in [1.807, 2.05) is 0 Å². The van der Waals surface area contributed by atoms with Gasteiger partial charge in [0.1, 0.15) is 23.0 Å². The monoisotopic (exact) mass is 1170 g/mol. The summed E-state index contributed by atoms with van der Waals surface area (Å²) >= 11 is 0. The summed E-state index contributed by atoms with van der Waals surface area (Å²) in [5.41, 5.74) is 29.3. The first-order valence-corrected chi connectivity index (χ1v) is 31.8. The Morgan fingerprint density at radius 2 is 0.846 bits per heavy atom. The van der Waals surface area contributed by atoms with E-state index in [4.69, 9.17) is 9.47 Å². The van der Waals surface area contributed by atoms with Gasteiger partial charge < -0.3 is 23.8 Å². The van der Waals surface area contributed by atoms with Gasteiger partial charge in [-0.1, -0.05) is 232 Å². The summed E-state index contributed by atoms with van der Waals surface area (Å²) in [5.74, 6) is 3.41. The number of para-hydroxylation sites is 3. The second kappa shape index (κ2) is 20.3. The van der Waals surface area contributed by atoms with Gasteiger partial charge in [0.2, 0.25) is 0 Å². The van der Waals surface area contributed by atoms with Crippen LogP contribution < -0.4 is 52.1 Å². The Labute approximate surface area is 531 Å². The van der Waals surface area contributed by atoms with Crippen LogP contribution in [0.15, 0.2) is 279 Å². The predicted molar refractivity (Wildman–Crippen MR) is 382 cm³/mol. The molecule has 4 aliphatic heterocycles. The first-order valence-electron chi connectivity index (χ1n) is 31.8. The zero-order valence-electron chi connectivity index (χ0n) is 51.4. The number of ether oxygens (including phenoxy) is 2. The third kappa shape index (κ3) is 8.27. The summed E-state index contributed by atoms with van der Waals surface area (Å²) in [6.07, 6.45) is 0. The summed E-state index contributed by atoms with van der Waals surface area (Å²) in [7, 11) is 0. The van der Waals surface area contributed by atoms with E-state index in [1.165, 1.54) is 49.4 Å². The summed E-state index contributed by atoms with van der Waals surface area (Å²) in [6.45, 7) is 10.9. The van der Waals surface area contributed by atoms with E-state index in [0.29, 0.717) is 0 Å². The fraction of sp³-hybridized carbons (Fsp3) is 0.0714. The molecule has 7 heteroatoms. The van der Waals surface area contributed by atoms with Crippen molar-refractivity contribution in [3.63, 3.8) is 0 Å². The Morgan fingerprint density at radius 3 is 1.49 bits per heavy atom. The number of rotatable bonds is 7. The van der Waals surface area contributed by atoms with Gasteiger partial charge in [-0.2, -0.15) is 0 Å². The predicted octanol–water partition coefficient (Wildman–Crippen LogP) is 18.2. The number of hydrogen-bond acceptors (Lipinski definition) is 4. The summed E-state index contributed by atoms with van der Waals surface area (Å²) < 4.78 is 17.6. The maximum absolute atomic E-state index is 7.83. The van der Waals surface area contributed by atoms with Crippen molar-refractivity contribution in [3.8, 4) is 73.2 Å². The molecule has 0 amide bonds. The fourth-order valence-corrected chi connectivity index (χ4v) is 15.3. The number of hydrogen-bond donors (Lipinski definition) is 0. The molecule has 0 fully saturated rings. The SMILES string of the molecule is Cc1ccc2c(c1)c1cc(C)ccc1n2-c1ccc2c(c1)N(c1ccccc1-c1ccccc1)c1cc(C(C)(C)C)cc3c1B2c1cc2c(cc1O3)N(c1c(-c3ccccc3)cccc1-c1ccccc1)c1cc(-c3ccccc3)cc3c1B2c1ccccc1O3. The van der Waals surface area contributed by atoms with E-state index in [-0.39, 0.29) is 18.8 Å². The van der Waals surface area contributed by atoms with Crippen molar-refractivity contribution in [1.29, 1.82) is 0 Å². The highest BCUT2D eigenvalue weighted by Crippen LogP contribution is 2.52. The van der Waals surface area contributed by atoms with Gasteiger partial charge in [0, 0.05) is 62.0 Å². The second-order valence-corrected chi connectivity index (χ2v) is 26.1. The maximum atomic E-state index is 7.83. The quantitative estimate of drug-likeness (QED) is 0.149. The molecule has 0 atom stereocenters. The van der Waals surface area contributed by atoms with Crippen LogP contribution in [-0.4, -0.2) is 18.0 Å². The highest BCUT2D eigenvalue weighted by molar-refractivity contribution is 7.02. The molecule has 0 aliphatic carbocycles. The van der Waals surface area contributed by atoms with E-state index in [9.17, 15) is 0 Å². The molecule has 0 bridgehead atoms. The molecule has 5 nitrogen and oxygen atoms in total. The Bertz CT molecular complexity index is 5210. The van der Waals surface area contributed by atoms with Crippen molar-refractivity contribution >= 4 is 102 Å². The van der Waals surface area contributed by atoms with Gasteiger partial charge in [-0.15, -0.1) is 0 Å². The third-order valence-electron chi connectivity index (χ3n) is 19.5. The minimum atomic E-state index is -0.243. The molecule has 14 aromatic rings. The Balaban J connectivity index is 0.953. The lowest BCUT2D eigenvalue weighted by atomic mass is 9.31. The lowest BCUT2D eigenvalue weighted by molar-refractivity contribution is 0.483. The van der Waals surface area contributed by atoms with Gasteiger partial charge in [-0.05, 0) is 158 Å². The van der Waals surface area contributed by atoms with Gasteiger partial charge >= 0.3 is 0 Å². The second-order valence-electron chi connectivity index (χ2n) is 26.1. The number of anilines is 6. The minimum Gasteiger partial charge on any atom is -0.458 e. The molecule has 0 saturated carbocycles. The maximum Gasteiger partial charge on any atom is 0.256 e. The summed E-state index contributed by atoms with van der Waals surface area (Å²) in [5, 5.41) is 2.50. The van der Waals surface area contributed by atoms with E-state index >= 15 is 0 Å². The lowest BCUT2D eigenvalue weighted by Gasteiger charge is -2.44. The van der Waals surface area contributed by atoms with Gasteiger partial charge in [0.25, 0.3) is 13.4 Å². The average molecular weight is 1170 g/mol. The van der Waals surface area contributed by atoms with Crippen LogP contribution in [0.1, 0.15) is 37.5 Å². The van der Waals surface area contributed by atoms with Crippen molar-refractivity contribution in [2.75, 3.05) is 9.80 Å². The molecular weight excluding hydrogens is 1100 g/mol. The first kappa shape index (κ1) is 53.1. The molecule has 91 heavy (non-hydrogen) atoms. The highest BCUT2D eigenvalue weighted by Gasteiger charge is 2.48. The molecule has 18 rings (SSSR count). The fourth-order valence-electron chi connectivity index (χ4n) is 15.3. The normalized spacial score (nSPS) is 13.2. The van der Waals surface area contributed by atoms with Crippen molar-refractivity contribution in [3.05, 3.63) is 296 Å². The van der Waals surface area contributed by atoms with Crippen LogP contribution in [0.4, 0.5) is 34.1 Å². The summed E-state index contributed by atoms with van der Waals surface area (Å²) in [4.78, 5) is 5.13. The van der Waals surface area contributed by atoms with Crippen LogP contribution in [0.5, 0.6) is 23.0 Å². The number of fused-ring (bicyclic) bond motifs is 11.